The molecule has 1 aromatic heterocycles. The van der Waals surface area contributed by atoms with Crippen molar-refractivity contribution in [2.45, 2.75) is 36.0 Å². The van der Waals surface area contributed by atoms with Crippen LogP contribution in [0.1, 0.15) is 25.0 Å². The van der Waals surface area contributed by atoms with Crippen molar-refractivity contribution in [1.29, 1.82) is 0 Å². The quantitative estimate of drug-likeness (QED) is 0.363. The summed E-state index contributed by atoms with van der Waals surface area (Å²) < 4.78 is 25.9. The highest BCUT2D eigenvalue weighted by atomic mass is 32.2. The van der Waals surface area contributed by atoms with E-state index in [-0.39, 0.29) is 9.79 Å². The Morgan fingerprint density at radius 2 is 1.50 bits per heavy atom. The van der Waals surface area contributed by atoms with Crippen molar-refractivity contribution in [2.24, 2.45) is 0 Å². The lowest BCUT2D eigenvalue weighted by atomic mass is 10.1. The zero-order chi connectivity index (χ0) is 23.7. The number of hydrogen-bond acceptors (Lipinski definition) is 6. The molecule has 0 amide bonds. The maximum Gasteiger partial charge on any atom is 0.206 e. The molecule has 1 fully saturated rings. The first-order chi connectivity index (χ1) is 16.4. The molecule has 1 aliphatic rings. The van der Waals surface area contributed by atoms with Gasteiger partial charge in [-0.3, -0.25) is 4.98 Å². The highest BCUT2D eigenvalue weighted by molar-refractivity contribution is 7.91. The first kappa shape index (κ1) is 22.2. The van der Waals surface area contributed by atoms with Gasteiger partial charge in [-0.05, 0) is 99.0 Å². The third kappa shape index (κ3) is 4.43. The fourth-order valence-electron chi connectivity index (χ4n) is 4.45. The number of pyridine rings is 1. The average Bonchev–Trinajstić information content (AvgIpc) is 2.85. The molecule has 2 heterocycles. The van der Waals surface area contributed by atoms with Gasteiger partial charge in [-0.25, -0.2) is 8.42 Å². The smallest absolute Gasteiger partial charge is 0.206 e. The number of aryl methyl sites for hydroxylation is 1. The lowest BCUT2D eigenvalue weighted by Crippen LogP contribution is -2.29. The molecule has 0 aliphatic carbocycles. The number of anilines is 4. The molecule has 1 aliphatic heterocycles. The molecule has 7 heteroatoms. The Labute approximate surface area is 200 Å². The summed E-state index contributed by atoms with van der Waals surface area (Å²) in [7, 11) is -3.60. The Hall–Kier alpha value is -3.58. The third-order valence-electron chi connectivity index (χ3n) is 6.28. The summed E-state index contributed by atoms with van der Waals surface area (Å²) in [4.78, 5) is 7.60. The number of nitrogens with two attached hydrogens (primary N) is 1. The number of nitrogens with zero attached hydrogens (tertiary/aromatic N) is 2. The van der Waals surface area contributed by atoms with E-state index in [1.54, 1.807) is 36.4 Å². The summed E-state index contributed by atoms with van der Waals surface area (Å²) in [6.45, 7) is 4.14. The van der Waals surface area contributed by atoms with Gasteiger partial charge in [-0.2, -0.15) is 0 Å². The van der Waals surface area contributed by atoms with E-state index in [1.165, 1.54) is 37.1 Å². The summed E-state index contributed by atoms with van der Waals surface area (Å²) in [6, 6.07) is 21.6. The number of hydrogen-bond donors (Lipinski definition) is 2. The number of sulfone groups is 1. The van der Waals surface area contributed by atoms with Crippen LogP contribution < -0.4 is 16.0 Å². The maximum absolute atomic E-state index is 12.9. The Balaban J connectivity index is 1.45. The maximum atomic E-state index is 12.9. The van der Waals surface area contributed by atoms with Gasteiger partial charge < -0.3 is 16.0 Å². The van der Waals surface area contributed by atoms with Crippen LogP contribution in [0, 0.1) is 6.92 Å². The average molecular weight is 473 g/mol. The zero-order valence-electron chi connectivity index (χ0n) is 19.2. The van der Waals surface area contributed by atoms with Crippen LogP contribution in [-0.2, 0) is 9.84 Å². The Kier molecular flexibility index (Phi) is 5.87. The molecule has 34 heavy (non-hydrogen) atoms. The summed E-state index contributed by atoms with van der Waals surface area (Å²) in [5.74, 6) is 0. The molecule has 0 saturated carbocycles. The zero-order valence-corrected chi connectivity index (χ0v) is 20.0. The second-order valence-electron chi connectivity index (χ2n) is 8.78. The van der Waals surface area contributed by atoms with Crippen LogP contribution in [0.25, 0.3) is 10.9 Å². The van der Waals surface area contributed by atoms with Gasteiger partial charge in [0.25, 0.3) is 0 Å². The summed E-state index contributed by atoms with van der Waals surface area (Å²) in [6.07, 6.45) is 3.74. The molecule has 4 aromatic rings. The minimum absolute atomic E-state index is 0.225. The van der Waals surface area contributed by atoms with Crippen LogP contribution in [0.2, 0.25) is 0 Å². The predicted octanol–water partition coefficient (Wildman–Crippen LogP) is 5.69. The lowest BCUT2D eigenvalue weighted by Gasteiger charge is -2.29. The van der Waals surface area contributed by atoms with Crippen molar-refractivity contribution in [1.82, 2.24) is 4.98 Å². The van der Waals surface area contributed by atoms with Gasteiger partial charge in [0.05, 0.1) is 15.3 Å². The molecule has 0 radical (unpaired) electrons. The highest BCUT2D eigenvalue weighted by Crippen LogP contribution is 2.32. The molecule has 6 nitrogen and oxygen atoms in total. The van der Waals surface area contributed by atoms with E-state index in [9.17, 15) is 8.42 Å². The van der Waals surface area contributed by atoms with E-state index in [0.29, 0.717) is 5.69 Å². The standard InChI is InChI=1S/C27H28N4O2S/c1-19-17-27(25-18-22(9-14-26(25)29-19)31-15-3-2-4-16-31)30-21-7-12-24(13-8-21)34(32,33)23-10-5-20(28)6-11-23/h5-14,17-18H,2-4,15-16,28H2,1H3,(H,29,30). The fourth-order valence-corrected chi connectivity index (χ4v) is 5.72. The summed E-state index contributed by atoms with van der Waals surface area (Å²) in [5, 5.41) is 4.52. The first-order valence-electron chi connectivity index (χ1n) is 11.5. The normalized spacial score (nSPS) is 14.3. The Morgan fingerprint density at radius 3 is 2.18 bits per heavy atom. The van der Waals surface area contributed by atoms with Crippen LogP contribution in [0.15, 0.2) is 82.6 Å². The van der Waals surface area contributed by atoms with Crippen LogP contribution in [0.4, 0.5) is 22.7 Å². The second kappa shape index (κ2) is 8.99. The molecule has 1 saturated heterocycles. The number of nitrogens with one attached hydrogen (secondary N) is 1. The monoisotopic (exact) mass is 472 g/mol. The van der Waals surface area contributed by atoms with E-state index >= 15 is 0 Å². The Morgan fingerprint density at radius 1 is 0.853 bits per heavy atom. The van der Waals surface area contributed by atoms with Gasteiger partial charge in [0.15, 0.2) is 0 Å². The van der Waals surface area contributed by atoms with Gasteiger partial charge in [0.1, 0.15) is 0 Å². The van der Waals surface area contributed by atoms with Gasteiger partial charge in [0, 0.05) is 46.9 Å². The molecular formula is C27H28N4O2S. The van der Waals surface area contributed by atoms with Crippen molar-refractivity contribution in [2.75, 3.05) is 29.0 Å². The minimum Gasteiger partial charge on any atom is -0.399 e. The molecule has 0 atom stereocenters. The van der Waals surface area contributed by atoms with Crippen molar-refractivity contribution < 1.29 is 8.42 Å². The van der Waals surface area contributed by atoms with Crippen molar-refractivity contribution in [3.63, 3.8) is 0 Å². The van der Waals surface area contributed by atoms with E-state index in [0.717, 1.165) is 41.1 Å². The van der Waals surface area contributed by atoms with Gasteiger partial charge >= 0.3 is 0 Å². The summed E-state index contributed by atoms with van der Waals surface area (Å²) >= 11 is 0. The number of piperidine rings is 1. The van der Waals surface area contributed by atoms with Gasteiger partial charge in [-0.1, -0.05) is 0 Å². The molecule has 3 N–H and O–H groups in total. The topological polar surface area (TPSA) is 88.3 Å². The summed E-state index contributed by atoms with van der Waals surface area (Å²) in [5.41, 5.74) is 11.1. The lowest BCUT2D eigenvalue weighted by molar-refractivity contribution is 0.578. The number of nitrogen functional groups attached to an aromatic ring is 1. The molecule has 3 aromatic carbocycles. The van der Waals surface area contributed by atoms with E-state index in [2.05, 4.69) is 28.4 Å². The highest BCUT2D eigenvalue weighted by Gasteiger charge is 2.18. The van der Waals surface area contributed by atoms with Crippen LogP contribution in [0.5, 0.6) is 0 Å². The third-order valence-corrected chi connectivity index (χ3v) is 8.06. The largest absolute Gasteiger partial charge is 0.399 e. The molecule has 0 bridgehead atoms. The number of rotatable bonds is 5. The molecule has 5 rings (SSSR count). The Bertz CT molecular complexity index is 1430. The van der Waals surface area contributed by atoms with Crippen molar-refractivity contribution >= 4 is 43.5 Å². The first-order valence-corrected chi connectivity index (χ1v) is 13.0. The van der Waals surface area contributed by atoms with E-state index in [4.69, 9.17) is 10.7 Å². The fraction of sp³-hybridized carbons (Fsp3) is 0.222. The number of benzene rings is 3. The molecule has 0 spiro atoms. The van der Waals surface area contributed by atoms with E-state index < -0.39 is 9.84 Å². The van der Waals surface area contributed by atoms with Crippen molar-refractivity contribution in [3.05, 3.63) is 78.5 Å². The van der Waals surface area contributed by atoms with Crippen LogP contribution in [-0.4, -0.2) is 26.5 Å². The molecule has 0 unspecified atom stereocenters. The van der Waals surface area contributed by atoms with E-state index in [1.807, 2.05) is 13.0 Å². The SMILES string of the molecule is Cc1cc(Nc2ccc(S(=O)(=O)c3ccc(N)cc3)cc2)c2cc(N3CCCCC3)ccc2n1. The predicted molar refractivity (Wildman–Crippen MR) is 139 cm³/mol. The molecular weight excluding hydrogens is 444 g/mol. The second-order valence-corrected chi connectivity index (χ2v) is 10.7. The number of fused-ring (bicyclic) bond motifs is 1. The minimum atomic E-state index is -3.60. The van der Waals surface area contributed by atoms with Crippen LogP contribution in [0.3, 0.4) is 0 Å². The molecule has 174 valence electrons. The van der Waals surface area contributed by atoms with Crippen molar-refractivity contribution in [3.8, 4) is 0 Å². The van der Waals surface area contributed by atoms with Crippen LogP contribution >= 0.6 is 0 Å². The van der Waals surface area contributed by atoms with Gasteiger partial charge in [-0.15, -0.1) is 0 Å². The number of aromatic nitrogens is 1. The van der Waals surface area contributed by atoms with Gasteiger partial charge in [0.2, 0.25) is 9.84 Å².